The zero-order valence-corrected chi connectivity index (χ0v) is 41.0. The van der Waals surface area contributed by atoms with Gasteiger partial charge in [-0.2, -0.15) is 13.0 Å². The van der Waals surface area contributed by atoms with Crippen molar-refractivity contribution in [1.29, 1.82) is 0 Å². The molecule has 0 aliphatic carbocycles. The molecule has 2 aliphatic heterocycles. The number of Topliss-reactive ketones (excluding diaryl/α,β-unsaturated/α-hetero) is 1. The molecule has 354 valence electrons. The van der Waals surface area contributed by atoms with E-state index in [0.717, 1.165) is 63.8 Å². The van der Waals surface area contributed by atoms with E-state index >= 15 is 0 Å². The third-order valence-corrected chi connectivity index (χ3v) is 14.7. The van der Waals surface area contributed by atoms with Gasteiger partial charge in [0.2, 0.25) is 10.0 Å². The maximum absolute atomic E-state index is 12.6. The van der Waals surface area contributed by atoms with Gasteiger partial charge in [0.15, 0.2) is 5.71 Å². The first-order valence-electron chi connectivity index (χ1n) is 20.3. The fraction of sp³-hybridized carbons (Fsp3) is 0.429. The summed E-state index contributed by atoms with van der Waals surface area (Å²) in [5.41, 5.74) is 5.74. The summed E-state index contributed by atoms with van der Waals surface area (Å²) >= 11 is 0.794. The fourth-order valence-electron chi connectivity index (χ4n) is 7.85. The molecule has 65 heavy (non-hydrogen) atoms. The zero-order chi connectivity index (χ0) is 48.5. The lowest BCUT2D eigenvalue weighted by molar-refractivity contribution is -0.437. The van der Waals surface area contributed by atoms with Crippen molar-refractivity contribution in [3.8, 4) is 0 Å². The van der Waals surface area contributed by atoms with Crippen molar-refractivity contribution in [1.82, 2.24) is 15.1 Å². The van der Waals surface area contributed by atoms with Crippen molar-refractivity contribution in [2.75, 3.05) is 37.3 Å². The number of carbonyl (C=O) groups is 1. The van der Waals surface area contributed by atoms with Gasteiger partial charge in [-0.15, -0.1) is 22.8 Å². The van der Waals surface area contributed by atoms with Crippen molar-refractivity contribution in [3.05, 3.63) is 106 Å². The highest BCUT2D eigenvalue weighted by Crippen LogP contribution is 2.48. The average molecular weight is 995 g/mol. The maximum atomic E-state index is 12.6. The van der Waals surface area contributed by atoms with Crippen LogP contribution in [0, 0.1) is 0 Å². The molecule has 0 radical (unpaired) electrons. The van der Waals surface area contributed by atoms with E-state index in [1.165, 1.54) is 6.07 Å². The molecule has 0 saturated heterocycles. The largest absolute Gasteiger partial charge is 0.748 e. The Bertz CT molecular complexity index is 2880. The number of hydrogen-bond donors (Lipinski definition) is 2. The lowest BCUT2D eigenvalue weighted by Crippen LogP contribution is -2.28. The Labute approximate surface area is 386 Å². The second-order valence-corrected chi connectivity index (χ2v) is 22.7. The molecule has 0 unspecified atom stereocenters. The molecule has 3 heterocycles. The second kappa shape index (κ2) is 21.8. The Hall–Kier alpha value is -4.59. The normalized spacial score (nSPS) is 16.5. The Balaban J connectivity index is 0.00000222. The number of nitrogens with zero attached hydrogens (tertiary/aromatic N) is 5. The van der Waals surface area contributed by atoms with Crippen molar-refractivity contribution in [3.63, 3.8) is 0 Å². The summed E-state index contributed by atoms with van der Waals surface area (Å²) in [5, 5.41) is 12.7. The lowest BCUT2D eigenvalue weighted by atomic mass is 9.81. The molecule has 23 heteroatoms. The van der Waals surface area contributed by atoms with Gasteiger partial charge in [-0.3, -0.25) is 9.35 Å². The number of primary sulfonamides is 1. The van der Waals surface area contributed by atoms with Gasteiger partial charge >= 0.3 is 10.6 Å². The quantitative estimate of drug-likeness (QED) is 0.0894. The highest BCUT2D eigenvalue weighted by Gasteiger charge is 2.45. The molecule has 1 aromatic heterocycles. The molecule has 3 N–H and O–H groups in total. The molecule has 2 aliphatic rings. The number of rotatable bonds is 20. The molecule has 0 saturated carbocycles. The predicted molar refractivity (Wildman–Crippen MR) is 246 cm³/mol. The smallest absolute Gasteiger partial charge is 0.425 e. The van der Waals surface area contributed by atoms with Gasteiger partial charge in [-0.05, 0) is 75.7 Å². The number of hydrogen-bond acceptors (Lipinski definition) is 16. The van der Waals surface area contributed by atoms with E-state index in [9.17, 15) is 39.2 Å². The number of carbonyl (C=O) groups excluding carboxylic acids is 1. The fourth-order valence-corrected chi connectivity index (χ4v) is 10.3. The topological polar surface area (TPSA) is 275 Å². The van der Waals surface area contributed by atoms with Crippen LogP contribution >= 0.6 is 11.3 Å². The monoisotopic (exact) mass is 994 g/mol. The van der Waals surface area contributed by atoms with Crippen LogP contribution in [-0.2, 0) is 69.5 Å². The maximum Gasteiger partial charge on any atom is 0.425 e. The summed E-state index contributed by atoms with van der Waals surface area (Å²) in [5.74, 6) is -0.549. The van der Waals surface area contributed by atoms with Crippen LogP contribution in [0.5, 0.6) is 0 Å². The Morgan fingerprint density at radius 1 is 0.938 bits per heavy atom. The molecule has 2 aromatic carbocycles. The van der Waals surface area contributed by atoms with Crippen molar-refractivity contribution in [2.45, 2.75) is 93.3 Å². The minimum absolute atomic E-state index is 0.00938. The minimum atomic E-state index is -4.39. The molecule has 0 bridgehead atoms. The van der Waals surface area contributed by atoms with Crippen LogP contribution in [0.15, 0.2) is 93.9 Å². The van der Waals surface area contributed by atoms with E-state index < -0.39 is 57.5 Å². The molecule has 0 amide bonds. The van der Waals surface area contributed by atoms with E-state index in [1.54, 1.807) is 12.1 Å². The van der Waals surface area contributed by atoms with Crippen LogP contribution in [0.25, 0.3) is 0 Å². The van der Waals surface area contributed by atoms with Crippen LogP contribution in [-0.4, -0.2) is 111 Å². The summed E-state index contributed by atoms with van der Waals surface area (Å²) in [7, 11) is -13.8. The molecular formula is C42H54N6O12S5. The number of anilines is 1. The highest BCUT2D eigenvalue weighted by atomic mass is 32.2. The van der Waals surface area contributed by atoms with E-state index in [1.807, 2.05) is 75.6 Å². The van der Waals surface area contributed by atoms with Crippen molar-refractivity contribution in [2.24, 2.45) is 5.14 Å². The van der Waals surface area contributed by atoms with Gasteiger partial charge in [0.1, 0.15) is 17.3 Å². The first kappa shape index (κ1) is 53.0. The number of sulfonamides is 1. The molecule has 5 rings (SSSR count). The van der Waals surface area contributed by atoms with Crippen LogP contribution in [0.2, 0.25) is 0 Å². The number of benzene rings is 2. The van der Waals surface area contributed by atoms with E-state index in [2.05, 4.69) is 51.4 Å². The van der Waals surface area contributed by atoms with Gasteiger partial charge in [0.05, 0.1) is 26.8 Å². The minimum Gasteiger partial charge on any atom is -0.748 e. The molecular weight excluding hydrogens is 941 g/mol. The first-order valence-corrected chi connectivity index (χ1v) is 26.7. The molecule has 0 fully saturated rings. The SMILES string of the molecule is CCC[N+]1=C(C=CC=CC=CC=C2N(CCCS(=O)(=O)[O-])c3ccc(CN(C)CCCC(=O)Cc4nnc(S(N)(=O)=O)s4)cc3C2(C)C)C(C)(C)c2cc(S(=O)(=O)O)ccc21.O=S(=O)=O. The molecule has 0 atom stereocenters. The number of aromatic nitrogens is 2. The third-order valence-electron chi connectivity index (χ3n) is 10.8. The van der Waals surface area contributed by atoms with Crippen molar-refractivity contribution >= 4 is 75.1 Å². The summed E-state index contributed by atoms with van der Waals surface area (Å²) in [6, 6.07) is 10.9. The highest BCUT2D eigenvalue weighted by molar-refractivity contribution is 7.91. The van der Waals surface area contributed by atoms with Crippen LogP contribution in [0.4, 0.5) is 11.4 Å². The van der Waals surface area contributed by atoms with Gasteiger partial charge in [-0.25, -0.2) is 22.0 Å². The Morgan fingerprint density at radius 3 is 2.22 bits per heavy atom. The third kappa shape index (κ3) is 14.4. The van der Waals surface area contributed by atoms with Crippen LogP contribution in [0.1, 0.15) is 82.0 Å². The summed E-state index contributed by atoms with van der Waals surface area (Å²) in [4.78, 5) is 16.6. The van der Waals surface area contributed by atoms with Gasteiger partial charge in [0.25, 0.3) is 20.1 Å². The van der Waals surface area contributed by atoms with E-state index in [0.29, 0.717) is 37.5 Å². The Kier molecular flexibility index (Phi) is 17.8. The first-order chi connectivity index (χ1) is 30.2. The number of allylic oxidation sites excluding steroid dienone is 8. The van der Waals surface area contributed by atoms with Crippen LogP contribution in [0.3, 0.4) is 0 Å². The van der Waals surface area contributed by atoms with Gasteiger partial charge < -0.3 is 14.4 Å². The van der Waals surface area contributed by atoms with Crippen molar-refractivity contribution < 1.29 is 56.4 Å². The number of fused-ring (bicyclic) bond motifs is 2. The van der Waals surface area contributed by atoms with Gasteiger partial charge in [0, 0.05) is 66.2 Å². The van der Waals surface area contributed by atoms with E-state index in [-0.39, 0.29) is 27.9 Å². The molecule has 0 spiro atoms. The van der Waals surface area contributed by atoms with Gasteiger partial charge in [-0.1, -0.05) is 74.6 Å². The standard InChI is InChI=1S/C42H54N6O9S4.O3S/c1-7-22-47-36-21-19-32(61(55,56)57)28-34(36)42(4,5)37(47)16-11-9-8-10-12-17-38-41(2,3)33-26-30(18-20-35(33)48(38)24-14-25-59(50,51)52)29-46(6)23-13-15-31(49)27-39-44-45-40(58-39)60(43,53)54;1-4(2)3/h8-12,16-21,26,28H,7,13-15,22-25,27,29H2,1-6H3,(H3-,43,50,51,52,53,54,55,56,57);. The Morgan fingerprint density at radius 2 is 1.60 bits per heavy atom. The van der Waals surface area contributed by atoms with E-state index in [4.69, 9.17) is 17.8 Å². The molecule has 18 nitrogen and oxygen atoms in total. The summed E-state index contributed by atoms with van der Waals surface area (Å²) in [6.07, 6.45) is 15.5. The second-order valence-electron chi connectivity index (χ2n) is 16.5. The summed E-state index contributed by atoms with van der Waals surface area (Å²) in [6.45, 7) is 12.7. The molecule has 3 aromatic rings. The zero-order valence-electron chi connectivity index (χ0n) is 36.9. The average Bonchev–Trinajstić information content (AvgIpc) is 3.80. The lowest BCUT2D eigenvalue weighted by Gasteiger charge is -2.27. The summed E-state index contributed by atoms with van der Waals surface area (Å²) < 4.78 is 118. The number of ketones is 1. The predicted octanol–water partition coefficient (Wildman–Crippen LogP) is 4.52. The number of nitrogens with two attached hydrogens (primary N) is 1. The van der Waals surface area contributed by atoms with Crippen LogP contribution < -0.4 is 10.0 Å².